The highest BCUT2D eigenvalue weighted by atomic mass is 16.3. The highest BCUT2D eigenvalue weighted by Crippen LogP contribution is 2.49. The Hall–Kier alpha value is -7.36. The van der Waals surface area contributed by atoms with Crippen molar-refractivity contribution in [2.24, 2.45) is 0 Å². The Balaban J connectivity index is 0.972. The number of nitrogens with zero attached hydrogens (tertiary/aromatic N) is 2. The van der Waals surface area contributed by atoms with Crippen LogP contribution in [-0.4, -0.2) is 9.97 Å². The number of benzene rings is 8. The summed E-state index contributed by atoms with van der Waals surface area (Å²) < 4.78 is 6.43. The maximum atomic E-state index is 6.43. The maximum Gasteiger partial charge on any atom is 0.160 e. The van der Waals surface area contributed by atoms with Crippen molar-refractivity contribution in [2.75, 3.05) is 0 Å². The molecule has 0 saturated carbocycles. The van der Waals surface area contributed by atoms with Crippen LogP contribution in [0.5, 0.6) is 0 Å². The van der Waals surface area contributed by atoms with Crippen molar-refractivity contribution >= 4 is 21.9 Å². The Morgan fingerprint density at radius 2 is 0.914 bits per heavy atom. The molecule has 0 amide bonds. The molecule has 0 spiro atoms. The van der Waals surface area contributed by atoms with E-state index >= 15 is 0 Å². The zero-order valence-electron chi connectivity index (χ0n) is 32.3. The van der Waals surface area contributed by atoms with Crippen LogP contribution in [0.15, 0.2) is 199 Å². The quantitative estimate of drug-likeness (QED) is 0.170. The van der Waals surface area contributed by atoms with E-state index in [9.17, 15) is 0 Å². The van der Waals surface area contributed by atoms with Gasteiger partial charge in [0.15, 0.2) is 5.82 Å². The summed E-state index contributed by atoms with van der Waals surface area (Å²) in [6, 6.07) is 68.9. The third-order valence-corrected chi connectivity index (χ3v) is 11.9. The first-order valence-electron chi connectivity index (χ1n) is 19.9. The number of hydrogen-bond acceptors (Lipinski definition) is 3. The summed E-state index contributed by atoms with van der Waals surface area (Å²) in [6.07, 6.45) is 0. The largest absolute Gasteiger partial charge is 0.456 e. The SMILES string of the molecule is CC1(C)c2ccccc2-c2ccc(-c3cc(-c4ccc(-c5cccc6oc7ccc(-c8ccc(-c9ccccc9)cc8)cc7c56)cc4)nc(-c4ccccc4)n3)cc21. The van der Waals surface area contributed by atoms with Crippen molar-refractivity contribution in [2.45, 2.75) is 19.3 Å². The number of hydrogen-bond donors (Lipinski definition) is 0. The standard InChI is InChI=1S/C55H38N2O/c1-55(2)47-18-10-9-16-44(47)45-30-28-42(33-48(45)55)50-34-49(56-54(57-50)40-14-7-4-8-15-40)39-26-24-38(25-27-39)43-17-11-19-52-53(43)46-32-41(29-31-51(46)58-52)37-22-20-36(21-23-37)35-12-5-3-6-13-35/h3-34H,1-2H3. The van der Waals surface area contributed by atoms with E-state index in [2.05, 4.69) is 190 Å². The van der Waals surface area contributed by atoms with Crippen molar-refractivity contribution in [3.05, 3.63) is 205 Å². The molecule has 0 fully saturated rings. The van der Waals surface area contributed by atoms with Gasteiger partial charge in [-0.3, -0.25) is 0 Å². The molecule has 8 aromatic carbocycles. The van der Waals surface area contributed by atoms with Crippen molar-refractivity contribution in [1.29, 1.82) is 0 Å². The van der Waals surface area contributed by atoms with Gasteiger partial charge in [0.2, 0.25) is 0 Å². The average molecular weight is 743 g/mol. The first-order valence-corrected chi connectivity index (χ1v) is 19.9. The Kier molecular flexibility index (Phi) is 7.84. The predicted octanol–water partition coefficient (Wildman–Crippen LogP) is 14.7. The molecular weight excluding hydrogens is 705 g/mol. The minimum Gasteiger partial charge on any atom is -0.456 e. The van der Waals surface area contributed by atoms with Crippen LogP contribution in [0.2, 0.25) is 0 Å². The predicted molar refractivity (Wildman–Crippen MR) is 239 cm³/mol. The van der Waals surface area contributed by atoms with Crippen molar-refractivity contribution < 1.29 is 4.42 Å². The molecule has 1 aliphatic rings. The minimum absolute atomic E-state index is 0.102. The second-order valence-electron chi connectivity index (χ2n) is 15.8. The van der Waals surface area contributed by atoms with Gasteiger partial charge in [-0.25, -0.2) is 9.97 Å². The van der Waals surface area contributed by atoms with E-state index in [0.29, 0.717) is 5.82 Å². The summed E-state index contributed by atoms with van der Waals surface area (Å²) >= 11 is 0. The van der Waals surface area contributed by atoms with E-state index in [4.69, 9.17) is 14.4 Å². The lowest BCUT2D eigenvalue weighted by Crippen LogP contribution is -2.14. The van der Waals surface area contributed by atoms with Crippen LogP contribution in [0, 0.1) is 0 Å². The minimum atomic E-state index is -0.102. The molecule has 2 heterocycles. The topological polar surface area (TPSA) is 38.9 Å². The molecule has 0 aliphatic heterocycles. The second-order valence-corrected chi connectivity index (χ2v) is 15.8. The second kappa shape index (κ2) is 13.4. The fourth-order valence-corrected chi connectivity index (χ4v) is 8.88. The zero-order chi connectivity index (χ0) is 38.8. The first-order chi connectivity index (χ1) is 28.5. The van der Waals surface area contributed by atoms with E-state index < -0.39 is 0 Å². The van der Waals surface area contributed by atoms with Gasteiger partial charge >= 0.3 is 0 Å². The van der Waals surface area contributed by atoms with E-state index in [-0.39, 0.29) is 5.41 Å². The van der Waals surface area contributed by atoms with Crippen molar-refractivity contribution in [1.82, 2.24) is 9.97 Å². The third kappa shape index (κ3) is 5.66. The number of fused-ring (bicyclic) bond motifs is 6. The molecule has 274 valence electrons. The molecule has 10 aromatic rings. The van der Waals surface area contributed by atoms with Crippen molar-refractivity contribution in [3.63, 3.8) is 0 Å². The van der Waals surface area contributed by atoms with Gasteiger partial charge in [0.05, 0.1) is 11.4 Å². The molecule has 0 unspecified atom stereocenters. The lowest BCUT2D eigenvalue weighted by atomic mass is 9.82. The molecule has 3 heteroatoms. The van der Waals surface area contributed by atoms with E-state index in [1.807, 2.05) is 18.2 Å². The highest BCUT2D eigenvalue weighted by Gasteiger charge is 2.35. The highest BCUT2D eigenvalue weighted by molar-refractivity contribution is 6.13. The van der Waals surface area contributed by atoms with Gasteiger partial charge in [0.1, 0.15) is 11.2 Å². The normalized spacial score (nSPS) is 12.8. The average Bonchev–Trinajstić information content (AvgIpc) is 3.78. The van der Waals surface area contributed by atoms with Crippen LogP contribution < -0.4 is 0 Å². The van der Waals surface area contributed by atoms with Gasteiger partial charge in [-0.1, -0.05) is 178 Å². The van der Waals surface area contributed by atoms with Gasteiger partial charge < -0.3 is 4.42 Å². The Morgan fingerprint density at radius 3 is 1.67 bits per heavy atom. The molecule has 2 aromatic heterocycles. The van der Waals surface area contributed by atoms with Crippen LogP contribution in [0.3, 0.4) is 0 Å². The molecule has 1 aliphatic carbocycles. The van der Waals surface area contributed by atoms with Gasteiger partial charge in [-0.2, -0.15) is 0 Å². The Bertz CT molecular complexity index is 3160. The van der Waals surface area contributed by atoms with Crippen LogP contribution in [0.1, 0.15) is 25.0 Å². The molecule has 0 saturated heterocycles. The summed E-state index contributed by atoms with van der Waals surface area (Å²) in [5.41, 5.74) is 18.9. The first kappa shape index (κ1) is 33.9. The van der Waals surface area contributed by atoms with Crippen LogP contribution in [0.4, 0.5) is 0 Å². The molecule has 3 nitrogen and oxygen atoms in total. The van der Waals surface area contributed by atoms with Crippen LogP contribution in [-0.2, 0) is 5.41 Å². The van der Waals surface area contributed by atoms with Gasteiger partial charge in [-0.15, -0.1) is 0 Å². The Morgan fingerprint density at radius 1 is 0.362 bits per heavy atom. The van der Waals surface area contributed by atoms with Crippen molar-refractivity contribution in [3.8, 4) is 78.4 Å². The van der Waals surface area contributed by atoms with Gasteiger partial charge in [-0.05, 0) is 86.0 Å². The summed E-state index contributed by atoms with van der Waals surface area (Å²) in [6.45, 7) is 4.64. The third-order valence-electron chi connectivity index (χ3n) is 11.9. The fourth-order valence-electron chi connectivity index (χ4n) is 8.88. The lowest BCUT2D eigenvalue weighted by Gasteiger charge is -2.22. The number of rotatable bonds is 6. The smallest absolute Gasteiger partial charge is 0.160 e. The summed E-state index contributed by atoms with van der Waals surface area (Å²) in [4.78, 5) is 10.3. The van der Waals surface area contributed by atoms with Gasteiger partial charge in [0.25, 0.3) is 0 Å². The fraction of sp³-hybridized carbons (Fsp3) is 0.0545. The molecular formula is C55H38N2O. The van der Waals surface area contributed by atoms with Crippen LogP contribution >= 0.6 is 0 Å². The molecule has 11 rings (SSSR count). The summed E-state index contributed by atoms with van der Waals surface area (Å²) in [5.74, 6) is 0.709. The molecule has 0 atom stereocenters. The van der Waals surface area contributed by atoms with E-state index in [1.165, 1.54) is 38.9 Å². The summed E-state index contributed by atoms with van der Waals surface area (Å²) in [5, 5.41) is 2.22. The van der Waals surface area contributed by atoms with E-state index in [1.54, 1.807) is 0 Å². The molecule has 58 heavy (non-hydrogen) atoms. The molecule has 0 radical (unpaired) electrons. The number of furan rings is 1. The maximum absolute atomic E-state index is 6.43. The van der Waals surface area contributed by atoms with E-state index in [0.717, 1.165) is 66.7 Å². The number of aromatic nitrogens is 2. The van der Waals surface area contributed by atoms with Crippen LogP contribution in [0.25, 0.3) is 100 Å². The monoisotopic (exact) mass is 742 g/mol. The lowest BCUT2D eigenvalue weighted by molar-refractivity contribution is 0.660. The summed E-state index contributed by atoms with van der Waals surface area (Å²) in [7, 11) is 0. The molecule has 0 N–H and O–H groups in total. The Labute approximate surface area is 338 Å². The van der Waals surface area contributed by atoms with Gasteiger partial charge in [0, 0.05) is 32.9 Å². The molecule has 0 bridgehead atoms. The zero-order valence-corrected chi connectivity index (χ0v) is 32.3.